The number of phenolic OH excluding ortho intramolecular Hbond substituents is 1. The van der Waals surface area contributed by atoms with Gasteiger partial charge < -0.3 is 5.11 Å². The van der Waals surface area contributed by atoms with Gasteiger partial charge in [-0.25, -0.2) is 0 Å². The van der Waals surface area contributed by atoms with Crippen molar-refractivity contribution in [1.29, 1.82) is 0 Å². The van der Waals surface area contributed by atoms with Crippen molar-refractivity contribution >= 4 is 15.9 Å². The summed E-state index contributed by atoms with van der Waals surface area (Å²) in [5, 5.41) is 11.0. The Kier molecular flexibility index (Phi) is 5.51. The molecular formula is C15H23BrO. The van der Waals surface area contributed by atoms with Crippen LogP contribution >= 0.6 is 15.9 Å². The summed E-state index contributed by atoms with van der Waals surface area (Å²) in [6.45, 7) is 6.41. The lowest BCUT2D eigenvalue weighted by molar-refractivity contribution is 0.446. The van der Waals surface area contributed by atoms with Crippen LogP contribution < -0.4 is 0 Å². The van der Waals surface area contributed by atoms with Gasteiger partial charge in [0.05, 0.1) is 0 Å². The molecule has 0 amide bonds. The highest BCUT2D eigenvalue weighted by Gasteiger charge is 2.18. The third-order valence-corrected chi connectivity index (χ3v) is 3.53. The minimum Gasteiger partial charge on any atom is -0.508 e. The van der Waals surface area contributed by atoms with Gasteiger partial charge in [-0.3, -0.25) is 0 Å². The molecular weight excluding hydrogens is 276 g/mol. The molecule has 0 radical (unpaired) electrons. The maximum absolute atomic E-state index is 9.87. The van der Waals surface area contributed by atoms with E-state index >= 15 is 0 Å². The Morgan fingerprint density at radius 2 is 1.82 bits per heavy atom. The van der Waals surface area contributed by atoms with Crippen LogP contribution in [0, 0.1) is 0 Å². The largest absolute Gasteiger partial charge is 0.508 e. The van der Waals surface area contributed by atoms with E-state index in [2.05, 4.69) is 42.8 Å². The van der Waals surface area contributed by atoms with Crippen molar-refractivity contribution in [3.8, 4) is 5.75 Å². The molecule has 0 atom stereocenters. The summed E-state index contributed by atoms with van der Waals surface area (Å²) in [6, 6.07) is 6.03. The number of unbranched alkanes of at least 4 members (excludes halogenated alkanes) is 2. The molecule has 0 aromatic heterocycles. The third-order valence-electron chi connectivity index (χ3n) is 2.97. The Labute approximate surface area is 113 Å². The Balaban J connectivity index is 2.69. The summed E-state index contributed by atoms with van der Waals surface area (Å²) >= 11 is 3.45. The van der Waals surface area contributed by atoms with E-state index in [0.717, 1.165) is 17.3 Å². The molecule has 0 spiro atoms. The monoisotopic (exact) mass is 298 g/mol. The molecule has 1 aromatic rings. The number of halogens is 1. The van der Waals surface area contributed by atoms with Crippen molar-refractivity contribution in [3.63, 3.8) is 0 Å². The molecule has 1 rings (SSSR count). The molecule has 0 bridgehead atoms. The number of rotatable bonds is 5. The Morgan fingerprint density at radius 3 is 2.41 bits per heavy atom. The second-order valence-electron chi connectivity index (χ2n) is 5.60. The molecule has 0 aliphatic carbocycles. The van der Waals surface area contributed by atoms with E-state index < -0.39 is 0 Å². The van der Waals surface area contributed by atoms with Crippen LogP contribution in [-0.4, -0.2) is 10.4 Å². The van der Waals surface area contributed by atoms with E-state index in [1.807, 2.05) is 12.1 Å². The summed E-state index contributed by atoms with van der Waals surface area (Å²) in [5.41, 5.74) is 2.40. The fourth-order valence-electron chi connectivity index (χ4n) is 1.94. The number of aryl methyl sites for hydroxylation is 1. The first-order valence-corrected chi connectivity index (χ1v) is 7.45. The summed E-state index contributed by atoms with van der Waals surface area (Å²) in [7, 11) is 0. The van der Waals surface area contributed by atoms with E-state index in [1.165, 1.54) is 24.8 Å². The highest BCUT2D eigenvalue weighted by molar-refractivity contribution is 9.09. The van der Waals surface area contributed by atoms with Crippen molar-refractivity contribution in [2.75, 3.05) is 5.33 Å². The van der Waals surface area contributed by atoms with E-state index in [-0.39, 0.29) is 5.41 Å². The van der Waals surface area contributed by atoms with Crippen molar-refractivity contribution in [2.24, 2.45) is 0 Å². The fraction of sp³-hybridized carbons (Fsp3) is 0.600. The number of alkyl halides is 1. The molecule has 1 aromatic carbocycles. The van der Waals surface area contributed by atoms with E-state index in [0.29, 0.717) is 5.75 Å². The number of aromatic hydroxyl groups is 1. The third kappa shape index (κ3) is 4.71. The second kappa shape index (κ2) is 6.44. The Hall–Kier alpha value is -0.500. The minimum atomic E-state index is 0.00987. The number of phenols is 1. The van der Waals surface area contributed by atoms with Gasteiger partial charge in [-0.1, -0.05) is 55.3 Å². The van der Waals surface area contributed by atoms with Crippen molar-refractivity contribution in [3.05, 3.63) is 29.3 Å². The van der Waals surface area contributed by atoms with Gasteiger partial charge in [-0.05, 0) is 41.9 Å². The van der Waals surface area contributed by atoms with Crippen LogP contribution in [0.4, 0.5) is 0 Å². The van der Waals surface area contributed by atoms with E-state index in [4.69, 9.17) is 0 Å². The lowest BCUT2D eigenvalue weighted by atomic mass is 9.85. The molecule has 0 aliphatic rings. The highest BCUT2D eigenvalue weighted by Crippen LogP contribution is 2.31. The molecule has 0 saturated carbocycles. The van der Waals surface area contributed by atoms with E-state index in [9.17, 15) is 5.11 Å². The molecule has 0 heterocycles. The summed E-state index contributed by atoms with van der Waals surface area (Å²) in [4.78, 5) is 0. The highest BCUT2D eigenvalue weighted by atomic mass is 79.9. The van der Waals surface area contributed by atoms with Crippen molar-refractivity contribution in [2.45, 2.75) is 51.9 Å². The zero-order valence-corrected chi connectivity index (χ0v) is 12.7. The van der Waals surface area contributed by atoms with Gasteiger partial charge in [0.15, 0.2) is 0 Å². The number of hydrogen-bond acceptors (Lipinski definition) is 1. The van der Waals surface area contributed by atoms with Crippen LogP contribution in [0.2, 0.25) is 0 Å². The zero-order chi connectivity index (χ0) is 12.9. The van der Waals surface area contributed by atoms with Crippen LogP contribution in [-0.2, 0) is 11.8 Å². The SMILES string of the molecule is CC(C)(C)c1cc(CCCCCBr)ccc1O. The minimum absolute atomic E-state index is 0.00987. The fourth-order valence-corrected chi connectivity index (χ4v) is 2.34. The molecule has 0 saturated heterocycles. The van der Waals surface area contributed by atoms with Crippen LogP contribution in [0.3, 0.4) is 0 Å². The summed E-state index contributed by atoms with van der Waals surface area (Å²) < 4.78 is 0. The average Bonchev–Trinajstić information content (AvgIpc) is 2.25. The van der Waals surface area contributed by atoms with Crippen LogP contribution in [0.15, 0.2) is 18.2 Å². The predicted molar refractivity (Wildman–Crippen MR) is 78.2 cm³/mol. The molecule has 1 N–H and O–H groups in total. The summed E-state index contributed by atoms with van der Waals surface area (Å²) in [6.07, 6.45) is 4.83. The van der Waals surface area contributed by atoms with Gasteiger partial charge in [0.25, 0.3) is 0 Å². The molecule has 96 valence electrons. The molecule has 2 heteroatoms. The van der Waals surface area contributed by atoms with Crippen LogP contribution in [0.1, 0.15) is 51.2 Å². The molecule has 0 fully saturated rings. The molecule has 0 aliphatic heterocycles. The van der Waals surface area contributed by atoms with Crippen LogP contribution in [0.25, 0.3) is 0 Å². The smallest absolute Gasteiger partial charge is 0.119 e. The van der Waals surface area contributed by atoms with Gasteiger partial charge >= 0.3 is 0 Å². The van der Waals surface area contributed by atoms with Crippen LogP contribution in [0.5, 0.6) is 5.75 Å². The molecule has 0 unspecified atom stereocenters. The van der Waals surface area contributed by atoms with Crippen molar-refractivity contribution < 1.29 is 5.11 Å². The first-order valence-electron chi connectivity index (χ1n) is 6.33. The van der Waals surface area contributed by atoms with Gasteiger partial charge in [-0.15, -0.1) is 0 Å². The number of hydrogen-bond donors (Lipinski definition) is 1. The Morgan fingerprint density at radius 1 is 1.12 bits per heavy atom. The summed E-state index contributed by atoms with van der Waals surface area (Å²) in [5.74, 6) is 0.418. The normalized spacial score (nSPS) is 11.8. The van der Waals surface area contributed by atoms with Gasteiger partial charge in [0.1, 0.15) is 5.75 Å². The van der Waals surface area contributed by atoms with Crippen molar-refractivity contribution in [1.82, 2.24) is 0 Å². The second-order valence-corrected chi connectivity index (χ2v) is 6.39. The number of benzene rings is 1. The maximum Gasteiger partial charge on any atom is 0.119 e. The molecule has 1 nitrogen and oxygen atoms in total. The predicted octanol–water partition coefficient (Wildman–Crippen LogP) is 4.80. The van der Waals surface area contributed by atoms with E-state index in [1.54, 1.807) is 0 Å². The van der Waals surface area contributed by atoms with Gasteiger partial charge in [0, 0.05) is 5.33 Å². The molecule has 17 heavy (non-hydrogen) atoms. The average molecular weight is 299 g/mol. The Bertz CT molecular complexity index is 352. The maximum atomic E-state index is 9.87. The first-order chi connectivity index (χ1) is 7.95. The van der Waals surface area contributed by atoms with Gasteiger partial charge in [-0.2, -0.15) is 0 Å². The quantitative estimate of drug-likeness (QED) is 0.612. The first kappa shape index (κ1) is 14.6. The standard InChI is InChI=1S/C15H23BrO/c1-15(2,3)13-11-12(8-9-14(13)17)7-5-4-6-10-16/h8-9,11,17H,4-7,10H2,1-3H3. The topological polar surface area (TPSA) is 20.2 Å². The lowest BCUT2D eigenvalue weighted by Crippen LogP contribution is -2.11. The zero-order valence-electron chi connectivity index (χ0n) is 11.1. The lowest BCUT2D eigenvalue weighted by Gasteiger charge is -2.21. The van der Waals surface area contributed by atoms with Gasteiger partial charge in [0.2, 0.25) is 0 Å².